The van der Waals surface area contributed by atoms with Gasteiger partial charge in [-0.1, -0.05) is 51.1 Å². The molecule has 0 unspecified atom stereocenters. The summed E-state index contributed by atoms with van der Waals surface area (Å²) in [5.74, 6) is 1.62. The van der Waals surface area contributed by atoms with Crippen LogP contribution in [0.5, 0.6) is 0 Å². The molecule has 0 aliphatic carbocycles. The molecule has 3 heterocycles. The van der Waals surface area contributed by atoms with Crippen LogP contribution in [-0.2, 0) is 6.54 Å². The van der Waals surface area contributed by atoms with Gasteiger partial charge in [-0.3, -0.25) is 4.98 Å². The van der Waals surface area contributed by atoms with Gasteiger partial charge < -0.3 is 20.3 Å². The minimum atomic E-state index is -0.105. The van der Waals surface area contributed by atoms with Crippen molar-refractivity contribution >= 4 is 22.9 Å². The summed E-state index contributed by atoms with van der Waals surface area (Å²) in [5.41, 5.74) is 5.91. The first kappa shape index (κ1) is 24.6. The summed E-state index contributed by atoms with van der Waals surface area (Å²) in [6.45, 7) is 11.2. The molecule has 0 saturated heterocycles. The first-order valence-corrected chi connectivity index (χ1v) is 12.3. The Morgan fingerprint density at radius 3 is 2.34 bits per heavy atom. The lowest BCUT2D eigenvalue weighted by atomic mass is 10.0. The maximum Gasteiger partial charge on any atom is 0.227 e. The highest BCUT2D eigenvalue weighted by molar-refractivity contribution is 5.84. The van der Waals surface area contributed by atoms with E-state index in [9.17, 15) is 5.11 Å². The second kappa shape index (κ2) is 10.8. The molecule has 8 nitrogen and oxygen atoms in total. The molecular weight excluding hydrogens is 438 g/mol. The summed E-state index contributed by atoms with van der Waals surface area (Å²) >= 11 is 0. The second-order valence-corrected chi connectivity index (χ2v) is 9.43. The number of nitrogens with one attached hydrogen (secondary N) is 2. The van der Waals surface area contributed by atoms with Gasteiger partial charge in [-0.15, -0.1) is 0 Å². The number of hydrogen-bond acceptors (Lipinski definition) is 7. The summed E-state index contributed by atoms with van der Waals surface area (Å²) < 4.78 is 2.03. The van der Waals surface area contributed by atoms with E-state index in [0.717, 1.165) is 34.4 Å². The SMILES string of the molecule is CC[C@H](CO)Nc1nc(NCc2ccc(-c3ccc(C(C)C)cn3)cc2)c2ncn(C(C)C)c2n1. The van der Waals surface area contributed by atoms with E-state index >= 15 is 0 Å². The molecule has 3 N–H and O–H groups in total. The smallest absolute Gasteiger partial charge is 0.227 e. The molecule has 1 atom stereocenters. The van der Waals surface area contributed by atoms with Crippen LogP contribution >= 0.6 is 0 Å². The van der Waals surface area contributed by atoms with Crippen LogP contribution in [-0.4, -0.2) is 42.3 Å². The Bertz CT molecular complexity index is 1240. The Morgan fingerprint density at radius 2 is 1.74 bits per heavy atom. The van der Waals surface area contributed by atoms with Gasteiger partial charge >= 0.3 is 0 Å². The number of imidazole rings is 1. The number of fused-ring (bicyclic) bond motifs is 1. The lowest BCUT2D eigenvalue weighted by molar-refractivity contribution is 0.271. The number of aliphatic hydroxyl groups excluding tert-OH is 1. The first-order valence-electron chi connectivity index (χ1n) is 12.3. The molecule has 35 heavy (non-hydrogen) atoms. The van der Waals surface area contributed by atoms with Crippen LogP contribution in [0.1, 0.15) is 64.1 Å². The van der Waals surface area contributed by atoms with E-state index in [1.807, 2.05) is 17.7 Å². The number of aliphatic hydroxyl groups is 1. The van der Waals surface area contributed by atoms with Gasteiger partial charge in [0.15, 0.2) is 17.0 Å². The highest BCUT2D eigenvalue weighted by atomic mass is 16.3. The van der Waals surface area contributed by atoms with E-state index in [1.165, 1.54) is 5.56 Å². The average molecular weight is 474 g/mol. The summed E-state index contributed by atoms with van der Waals surface area (Å²) in [5, 5.41) is 16.3. The van der Waals surface area contributed by atoms with Crippen molar-refractivity contribution in [3.8, 4) is 11.3 Å². The standard InChI is InChI=1S/C27H35N7O/c1-6-22(15-35)31-27-32-25(24-26(33-27)34(16-30-24)18(4)5)29-13-19-7-9-20(10-8-19)23-12-11-21(14-28-23)17(2)3/h7-12,14,16-18,22,35H,6,13,15H2,1-5H3,(H2,29,31,32,33)/t22-/m1/s1. The number of aromatic nitrogens is 5. The number of benzene rings is 1. The van der Waals surface area contributed by atoms with Gasteiger partial charge in [-0.25, -0.2) is 4.98 Å². The van der Waals surface area contributed by atoms with Crippen LogP contribution in [0.4, 0.5) is 11.8 Å². The molecule has 0 spiro atoms. The molecular formula is C27H35N7O. The Balaban J connectivity index is 1.54. The van der Waals surface area contributed by atoms with Gasteiger partial charge in [0.05, 0.1) is 24.7 Å². The van der Waals surface area contributed by atoms with E-state index in [2.05, 4.69) is 89.7 Å². The van der Waals surface area contributed by atoms with Gasteiger partial charge in [0, 0.05) is 24.3 Å². The van der Waals surface area contributed by atoms with E-state index in [0.29, 0.717) is 24.2 Å². The number of nitrogens with zero attached hydrogens (tertiary/aromatic N) is 5. The largest absolute Gasteiger partial charge is 0.394 e. The third-order valence-corrected chi connectivity index (χ3v) is 6.19. The Kier molecular flexibility index (Phi) is 7.60. The summed E-state index contributed by atoms with van der Waals surface area (Å²) in [6.07, 6.45) is 4.53. The van der Waals surface area contributed by atoms with Crippen molar-refractivity contribution in [2.75, 3.05) is 17.2 Å². The van der Waals surface area contributed by atoms with Gasteiger partial charge in [-0.05, 0) is 43.4 Å². The average Bonchev–Trinajstić information content (AvgIpc) is 3.30. The van der Waals surface area contributed by atoms with Gasteiger partial charge in [0.1, 0.15) is 0 Å². The van der Waals surface area contributed by atoms with Crippen LogP contribution in [0.2, 0.25) is 0 Å². The lowest BCUT2D eigenvalue weighted by Gasteiger charge is -2.16. The van der Waals surface area contributed by atoms with Crippen LogP contribution in [0.25, 0.3) is 22.4 Å². The van der Waals surface area contributed by atoms with Crippen molar-refractivity contribution in [3.63, 3.8) is 0 Å². The van der Waals surface area contributed by atoms with E-state index < -0.39 is 0 Å². The fourth-order valence-corrected chi connectivity index (χ4v) is 3.84. The van der Waals surface area contributed by atoms with Crippen molar-refractivity contribution < 1.29 is 5.11 Å². The zero-order chi connectivity index (χ0) is 24.9. The monoisotopic (exact) mass is 473 g/mol. The van der Waals surface area contributed by atoms with Gasteiger partial charge in [0.25, 0.3) is 0 Å². The molecule has 4 rings (SSSR count). The minimum absolute atomic E-state index is 0.0193. The van der Waals surface area contributed by atoms with Crippen molar-refractivity contribution in [1.29, 1.82) is 0 Å². The molecule has 4 aromatic rings. The van der Waals surface area contributed by atoms with Gasteiger partial charge in [-0.2, -0.15) is 9.97 Å². The molecule has 184 valence electrons. The molecule has 0 bridgehead atoms. The predicted molar refractivity (Wildman–Crippen MR) is 142 cm³/mol. The maximum atomic E-state index is 9.61. The van der Waals surface area contributed by atoms with Crippen molar-refractivity contribution in [2.24, 2.45) is 0 Å². The molecule has 0 saturated carbocycles. The topological polar surface area (TPSA) is 101 Å². The van der Waals surface area contributed by atoms with Gasteiger partial charge in [0.2, 0.25) is 5.95 Å². The molecule has 0 radical (unpaired) electrons. The van der Waals surface area contributed by atoms with Crippen molar-refractivity contribution in [1.82, 2.24) is 24.5 Å². The van der Waals surface area contributed by atoms with Crippen LogP contribution in [0, 0.1) is 0 Å². The zero-order valence-corrected chi connectivity index (χ0v) is 21.2. The Labute approximate surface area is 206 Å². The van der Waals surface area contributed by atoms with Crippen molar-refractivity contribution in [2.45, 2.75) is 65.6 Å². The maximum absolute atomic E-state index is 9.61. The predicted octanol–water partition coefficient (Wildman–Crippen LogP) is 5.39. The Morgan fingerprint density at radius 1 is 0.971 bits per heavy atom. The zero-order valence-electron chi connectivity index (χ0n) is 21.2. The van der Waals surface area contributed by atoms with Crippen LogP contribution < -0.4 is 10.6 Å². The molecule has 8 heteroatoms. The fraction of sp³-hybridized carbons (Fsp3) is 0.407. The van der Waals surface area contributed by atoms with Crippen molar-refractivity contribution in [3.05, 3.63) is 60.0 Å². The third-order valence-electron chi connectivity index (χ3n) is 6.19. The van der Waals surface area contributed by atoms with Crippen LogP contribution in [0.3, 0.4) is 0 Å². The van der Waals surface area contributed by atoms with E-state index in [-0.39, 0.29) is 18.7 Å². The summed E-state index contributed by atoms with van der Waals surface area (Å²) in [4.78, 5) is 18.6. The summed E-state index contributed by atoms with van der Waals surface area (Å²) in [7, 11) is 0. The minimum Gasteiger partial charge on any atom is -0.394 e. The second-order valence-electron chi connectivity index (χ2n) is 9.43. The number of anilines is 2. The Hall–Kier alpha value is -3.52. The fourth-order valence-electron chi connectivity index (χ4n) is 3.84. The highest BCUT2D eigenvalue weighted by Gasteiger charge is 2.16. The number of rotatable bonds is 10. The molecule has 1 aromatic carbocycles. The molecule has 0 aliphatic rings. The third kappa shape index (κ3) is 5.59. The molecule has 0 aliphatic heterocycles. The highest BCUT2D eigenvalue weighted by Crippen LogP contribution is 2.25. The van der Waals surface area contributed by atoms with E-state index in [4.69, 9.17) is 4.98 Å². The molecule has 3 aromatic heterocycles. The number of pyridine rings is 1. The molecule has 0 amide bonds. The van der Waals surface area contributed by atoms with E-state index in [1.54, 1.807) is 6.33 Å². The van der Waals surface area contributed by atoms with Crippen LogP contribution in [0.15, 0.2) is 48.9 Å². The number of hydrogen-bond donors (Lipinski definition) is 3. The lowest BCUT2D eigenvalue weighted by Crippen LogP contribution is -2.24. The molecule has 0 fully saturated rings. The first-order chi connectivity index (χ1) is 16.9. The summed E-state index contributed by atoms with van der Waals surface area (Å²) in [6, 6.07) is 12.7. The normalized spacial score (nSPS) is 12.5. The quantitative estimate of drug-likeness (QED) is 0.284.